The maximum absolute atomic E-state index is 12.4. The lowest BCUT2D eigenvalue weighted by Crippen LogP contribution is -2.52. The van der Waals surface area contributed by atoms with Crippen LogP contribution in [0.15, 0.2) is 0 Å². The molecule has 0 aromatic rings. The van der Waals surface area contributed by atoms with E-state index >= 15 is 0 Å². The van der Waals surface area contributed by atoms with Crippen LogP contribution in [0.5, 0.6) is 0 Å². The predicted molar refractivity (Wildman–Crippen MR) is 131 cm³/mol. The van der Waals surface area contributed by atoms with E-state index in [1.807, 2.05) is 13.8 Å². The van der Waals surface area contributed by atoms with Crippen molar-refractivity contribution < 1.29 is 18.4 Å². The monoisotopic (exact) mass is 460 g/mol. The molecular formula is C22H48N2O4Si2. The fourth-order valence-electron chi connectivity index (χ4n) is 2.08. The molecule has 6 nitrogen and oxygen atoms in total. The third-order valence-corrected chi connectivity index (χ3v) is 15.8. The highest BCUT2D eigenvalue weighted by Gasteiger charge is 2.38. The topological polar surface area (TPSA) is 76.7 Å². The molecule has 0 heterocycles. The summed E-state index contributed by atoms with van der Waals surface area (Å²) < 4.78 is 12.4. The zero-order valence-corrected chi connectivity index (χ0v) is 23.6. The first-order chi connectivity index (χ1) is 13.4. The number of hydrogen-bond donors (Lipinski definition) is 2. The van der Waals surface area contributed by atoms with Gasteiger partial charge < -0.3 is 19.5 Å². The van der Waals surface area contributed by atoms with E-state index in [-0.39, 0.29) is 22.2 Å². The number of carbonyl (C=O) groups excluding carboxylic acids is 2. The van der Waals surface area contributed by atoms with E-state index in [9.17, 15) is 9.59 Å². The summed E-state index contributed by atoms with van der Waals surface area (Å²) in [6.45, 7) is 26.7. The van der Waals surface area contributed by atoms with Gasteiger partial charge in [0, 0.05) is 0 Å². The summed E-state index contributed by atoms with van der Waals surface area (Å²) in [6.07, 6.45) is 1.42. The summed E-state index contributed by atoms with van der Waals surface area (Å²) in [4.78, 5) is 24.9. The Morgan fingerprint density at radius 3 is 1.17 bits per heavy atom. The molecule has 0 saturated carbocycles. The second-order valence-corrected chi connectivity index (χ2v) is 20.9. The number of nitrogens with one attached hydrogen (secondary N) is 2. The molecule has 0 bridgehead atoms. The fourth-order valence-corrected chi connectivity index (χ4v) is 4.18. The molecule has 0 fully saturated rings. The van der Waals surface area contributed by atoms with Gasteiger partial charge in [-0.15, -0.1) is 0 Å². The van der Waals surface area contributed by atoms with Crippen molar-refractivity contribution in [1.29, 1.82) is 0 Å². The minimum atomic E-state index is -1.90. The molecule has 2 N–H and O–H groups in total. The van der Waals surface area contributed by atoms with Crippen molar-refractivity contribution >= 4 is 28.4 Å². The third-order valence-electron chi connectivity index (χ3n) is 6.77. The Balaban J connectivity index is 4.77. The van der Waals surface area contributed by atoms with E-state index in [1.165, 1.54) is 0 Å². The van der Waals surface area contributed by atoms with Gasteiger partial charge in [-0.25, -0.2) is 0 Å². The van der Waals surface area contributed by atoms with Gasteiger partial charge in [-0.3, -0.25) is 9.59 Å². The van der Waals surface area contributed by atoms with Crippen LogP contribution in [0, 0.1) is 0 Å². The van der Waals surface area contributed by atoms with E-state index in [4.69, 9.17) is 8.85 Å². The van der Waals surface area contributed by atoms with Gasteiger partial charge in [0.25, 0.3) is 0 Å². The van der Waals surface area contributed by atoms with E-state index in [1.54, 1.807) is 0 Å². The Hall–Kier alpha value is -0.706. The van der Waals surface area contributed by atoms with Crippen molar-refractivity contribution in [3.63, 3.8) is 0 Å². The molecule has 0 aliphatic heterocycles. The zero-order chi connectivity index (χ0) is 24.0. The van der Waals surface area contributed by atoms with Gasteiger partial charge in [-0.1, -0.05) is 55.4 Å². The second-order valence-electron chi connectivity index (χ2n) is 11.3. The molecule has 2 amide bonds. The van der Waals surface area contributed by atoms with E-state index in [0.717, 1.165) is 0 Å². The van der Waals surface area contributed by atoms with E-state index < -0.39 is 28.4 Å². The Morgan fingerprint density at radius 2 is 0.967 bits per heavy atom. The highest BCUT2D eigenvalue weighted by molar-refractivity contribution is 6.74. The fraction of sp³-hybridized carbons (Fsp3) is 0.909. The Morgan fingerprint density at radius 1 is 0.700 bits per heavy atom. The number of amides is 2. The quantitative estimate of drug-likeness (QED) is 0.362. The Bertz CT molecular complexity index is 516. The summed E-state index contributed by atoms with van der Waals surface area (Å²) in [6, 6.07) is -0.359. The van der Waals surface area contributed by atoms with Crippen LogP contribution in [0.25, 0.3) is 0 Å². The van der Waals surface area contributed by atoms with Crippen molar-refractivity contribution in [2.45, 2.75) is 117 Å². The average Bonchev–Trinajstić information content (AvgIpc) is 2.59. The van der Waals surface area contributed by atoms with Gasteiger partial charge in [0.05, 0.1) is 25.3 Å². The van der Waals surface area contributed by atoms with Gasteiger partial charge in [-0.05, 0) is 49.1 Å². The largest absolute Gasteiger partial charge is 0.415 e. The summed E-state index contributed by atoms with van der Waals surface area (Å²) >= 11 is 0. The van der Waals surface area contributed by atoms with E-state index in [0.29, 0.717) is 26.1 Å². The summed E-state index contributed by atoms with van der Waals surface area (Å²) in [5, 5.41) is 5.87. The van der Waals surface area contributed by atoms with Crippen molar-refractivity contribution in [3.05, 3.63) is 0 Å². The standard InChI is InChI=1S/C22H48N2O4Si2/c1-13-17(15-27-29(9,10)21(3,4)5)23-19(25)20(26)24-18(14-2)16-28-30(11,12)22(6,7)8/h17-18H,13-16H2,1-12H3,(H,23,25)(H,24,26)/t17-,18-/m0/s1. The normalized spacial score (nSPS) is 15.5. The smallest absolute Gasteiger partial charge is 0.309 e. The molecular weight excluding hydrogens is 412 g/mol. The summed E-state index contributed by atoms with van der Waals surface area (Å²) in [5.74, 6) is -1.21. The molecule has 0 aliphatic carbocycles. The van der Waals surface area contributed by atoms with Gasteiger partial charge in [0.2, 0.25) is 0 Å². The molecule has 8 heteroatoms. The molecule has 0 saturated heterocycles. The van der Waals surface area contributed by atoms with Crippen LogP contribution in [0.2, 0.25) is 36.3 Å². The minimum Gasteiger partial charge on any atom is -0.415 e. The first kappa shape index (κ1) is 29.3. The van der Waals surface area contributed by atoms with Gasteiger partial charge in [-0.2, -0.15) is 0 Å². The first-order valence-electron chi connectivity index (χ1n) is 11.3. The van der Waals surface area contributed by atoms with Gasteiger partial charge in [0.15, 0.2) is 16.6 Å². The third kappa shape index (κ3) is 9.20. The van der Waals surface area contributed by atoms with Gasteiger partial charge >= 0.3 is 11.8 Å². The zero-order valence-electron chi connectivity index (χ0n) is 21.6. The highest BCUT2D eigenvalue weighted by Crippen LogP contribution is 2.37. The van der Waals surface area contributed by atoms with Crippen molar-refractivity contribution in [3.8, 4) is 0 Å². The van der Waals surface area contributed by atoms with Crippen LogP contribution < -0.4 is 10.6 Å². The molecule has 0 aliphatic rings. The molecule has 2 atom stereocenters. The number of rotatable bonds is 10. The molecule has 0 aromatic carbocycles. The van der Waals surface area contributed by atoms with Crippen LogP contribution in [-0.4, -0.2) is 53.7 Å². The average molecular weight is 461 g/mol. The van der Waals surface area contributed by atoms with E-state index in [2.05, 4.69) is 78.4 Å². The van der Waals surface area contributed by atoms with Crippen LogP contribution in [0.1, 0.15) is 68.2 Å². The van der Waals surface area contributed by atoms with Crippen LogP contribution in [0.4, 0.5) is 0 Å². The summed E-state index contributed by atoms with van der Waals surface area (Å²) in [5.41, 5.74) is 0. The lowest BCUT2D eigenvalue weighted by atomic mass is 10.2. The molecule has 30 heavy (non-hydrogen) atoms. The second kappa shape index (κ2) is 11.2. The maximum atomic E-state index is 12.4. The van der Waals surface area contributed by atoms with Crippen molar-refractivity contribution in [2.75, 3.05) is 13.2 Å². The SMILES string of the molecule is CC[C@@H](CO[Si](C)(C)C(C)(C)C)NC(=O)C(=O)N[C@@H](CC)CO[Si](C)(C)C(C)(C)C. The molecule has 0 rings (SSSR count). The van der Waals surface area contributed by atoms with Crippen LogP contribution >= 0.6 is 0 Å². The lowest BCUT2D eigenvalue weighted by Gasteiger charge is -2.37. The molecule has 0 radical (unpaired) electrons. The predicted octanol–water partition coefficient (Wildman–Crippen LogP) is 4.82. The maximum Gasteiger partial charge on any atom is 0.309 e. The summed E-state index contributed by atoms with van der Waals surface area (Å²) in [7, 11) is -3.81. The minimum absolute atomic E-state index is 0.102. The van der Waals surface area contributed by atoms with Crippen LogP contribution in [-0.2, 0) is 18.4 Å². The number of hydrogen-bond acceptors (Lipinski definition) is 4. The Labute approximate surface area is 187 Å². The highest BCUT2D eigenvalue weighted by atomic mass is 28.4. The molecule has 0 aromatic heterocycles. The molecule has 178 valence electrons. The number of carbonyl (C=O) groups is 2. The van der Waals surface area contributed by atoms with Crippen LogP contribution in [0.3, 0.4) is 0 Å². The molecule has 0 spiro atoms. The van der Waals surface area contributed by atoms with Gasteiger partial charge in [0.1, 0.15) is 0 Å². The molecule has 0 unspecified atom stereocenters. The van der Waals surface area contributed by atoms with Crippen molar-refractivity contribution in [2.24, 2.45) is 0 Å². The lowest BCUT2D eigenvalue weighted by molar-refractivity contribution is -0.140. The Kier molecular flexibility index (Phi) is 11.0. The first-order valence-corrected chi connectivity index (χ1v) is 17.1. The van der Waals surface area contributed by atoms with Crippen molar-refractivity contribution in [1.82, 2.24) is 10.6 Å².